The van der Waals surface area contributed by atoms with E-state index in [-0.39, 0.29) is 17.3 Å². The van der Waals surface area contributed by atoms with E-state index in [1.807, 2.05) is 0 Å². The van der Waals surface area contributed by atoms with Crippen LogP contribution in [-0.4, -0.2) is 21.0 Å². The fraction of sp³-hybridized carbons (Fsp3) is 0.0769. The van der Waals surface area contributed by atoms with Gasteiger partial charge in [0.2, 0.25) is 0 Å². The van der Waals surface area contributed by atoms with Gasteiger partial charge in [0.25, 0.3) is 5.69 Å². The lowest BCUT2D eigenvalue weighted by Gasteiger charge is -2.10. The first-order valence-electron chi connectivity index (χ1n) is 5.87. The summed E-state index contributed by atoms with van der Waals surface area (Å²) >= 11 is 0. The highest BCUT2D eigenvalue weighted by atomic mass is 16.6. The molecule has 0 atom stereocenters. The molecule has 0 fully saturated rings. The molecule has 0 aliphatic rings. The van der Waals surface area contributed by atoms with Crippen molar-refractivity contribution in [2.75, 3.05) is 0 Å². The second kappa shape index (κ2) is 5.87. The minimum atomic E-state index is -0.467. The second-order valence-corrected chi connectivity index (χ2v) is 4.16. The molecule has 0 saturated carbocycles. The highest BCUT2D eigenvalue weighted by molar-refractivity contribution is 5.99. The van der Waals surface area contributed by atoms with E-state index in [0.29, 0.717) is 16.9 Å². The highest BCUT2D eigenvalue weighted by Gasteiger charge is 2.13. The van der Waals surface area contributed by atoms with E-state index in [9.17, 15) is 10.1 Å². The maximum Gasteiger partial charge on any atom is 0.272 e. The first-order chi connectivity index (χ1) is 10.0. The van der Waals surface area contributed by atoms with E-state index in [4.69, 9.17) is 15.7 Å². The van der Waals surface area contributed by atoms with E-state index >= 15 is 0 Å². The van der Waals surface area contributed by atoms with Crippen molar-refractivity contribution in [3.63, 3.8) is 0 Å². The summed E-state index contributed by atoms with van der Waals surface area (Å²) in [6.45, 7) is 1.61. The third-order valence-corrected chi connectivity index (χ3v) is 2.76. The quantitative estimate of drug-likeness (QED) is 0.292. The maximum atomic E-state index is 10.8. The first-order valence-corrected chi connectivity index (χ1v) is 5.87. The molecule has 0 spiro atoms. The maximum absolute atomic E-state index is 10.8. The van der Waals surface area contributed by atoms with Gasteiger partial charge in [-0.05, 0) is 25.1 Å². The van der Waals surface area contributed by atoms with E-state index < -0.39 is 4.92 Å². The van der Waals surface area contributed by atoms with Gasteiger partial charge in [-0.3, -0.25) is 15.1 Å². The Balaban J connectivity index is 2.35. The number of oxime groups is 1. The molecule has 0 saturated heterocycles. The van der Waals surface area contributed by atoms with Crippen molar-refractivity contribution in [2.24, 2.45) is 10.9 Å². The summed E-state index contributed by atoms with van der Waals surface area (Å²) in [6, 6.07) is 5.88. The Morgan fingerprint density at radius 3 is 2.86 bits per heavy atom. The van der Waals surface area contributed by atoms with Gasteiger partial charge in [-0.15, -0.1) is 0 Å². The van der Waals surface area contributed by atoms with Gasteiger partial charge in [-0.1, -0.05) is 5.16 Å². The molecule has 0 radical (unpaired) electrons. The van der Waals surface area contributed by atoms with Crippen molar-refractivity contribution < 1.29 is 14.9 Å². The molecule has 2 rings (SSSR count). The van der Waals surface area contributed by atoms with Crippen LogP contribution in [0, 0.1) is 17.0 Å². The molecule has 0 unspecified atom stereocenters. The molecule has 1 aromatic carbocycles. The zero-order chi connectivity index (χ0) is 15.4. The molecule has 2 aromatic rings. The molecule has 108 valence electrons. The number of nitrogens with two attached hydrogens (primary N) is 1. The van der Waals surface area contributed by atoms with Gasteiger partial charge in [-0.25, -0.2) is 0 Å². The highest BCUT2D eigenvalue weighted by Crippen LogP contribution is 2.28. The number of pyridine rings is 1. The lowest BCUT2D eigenvalue weighted by molar-refractivity contribution is -0.385. The van der Waals surface area contributed by atoms with Crippen LogP contribution in [0.2, 0.25) is 0 Å². The van der Waals surface area contributed by atoms with Crippen LogP contribution in [0.25, 0.3) is 0 Å². The van der Waals surface area contributed by atoms with Gasteiger partial charge in [-0.2, -0.15) is 0 Å². The summed E-state index contributed by atoms with van der Waals surface area (Å²) in [5.74, 6) is 0.546. The molecule has 0 aliphatic carbocycles. The standard InChI is InChI=1S/C13H12N4O4/c1-8-6-9(2-3-11(8)17(19)20)21-12-7-15-5-4-10(12)13(14)16-18/h2-7,18H,1H3,(H2,14,16). The van der Waals surface area contributed by atoms with Gasteiger partial charge in [0.15, 0.2) is 11.6 Å². The molecule has 1 aromatic heterocycles. The Morgan fingerprint density at radius 1 is 1.48 bits per heavy atom. The Labute approximate surface area is 119 Å². The van der Waals surface area contributed by atoms with Crippen LogP contribution in [0.1, 0.15) is 11.1 Å². The number of nitro benzene ring substituents is 1. The zero-order valence-electron chi connectivity index (χ0n) is 11.1. The Hall–Kier alpha value is -3.16. The van der Waals surface area contributed by atoms with Gasteiger partial charge in [0.1, 0.15) is 5.75 Å². The summed E-state index contributed by atoms with van der Waals surface area (Å²) in [7, 11) is 0. The van der Waals surface area contributed by atoms with E-state index in [2.05, 4.69) is 10.1 Å². The van der Waals surface area contributed by atoms with Crippen molar-refractivity contribution in [3.8, 4) is 11.5 Å². The molecular formula is C13H12N4O4. The number of ether oxygens (including phenoxy) is 1. The summed E-state index contributed by atoms with van der Waals surface area (Å²) in [5.41, 5.74) is 6.38. The first kappa shape index (κ1) is 14.3. The lowest BCUT2D eigenvalue weighted by atomic mass is 10.2. The van der Waals surface area contributed by atoms with Crippen LogP contribution in [0.3, 0.4) is 0 Å². The monoisotopic (exact) mass is 288 g/mol. The van der Waals surface area contributed by atoms with E-state index in [1.54, 1.807) is 6.92 Å². The number of nitro groups is 1. The summed E-state index contributed by atoms with van der Waals surface area (Å²) < 4.78 is 5.59. The molecular weight excluding hydrogens is 276 g/mol. The molecule has 0 bridgehead atoms. The Bertz CT molecular complexity index is 715. The van der Waals surface area contributed by atoms with Crippen molar-refractivity contribution >= 4 is 11.5 Å². The minimum absolute atomic E-state index is 0.00481. The molecule has 3 N–H and O–H groups in total. The average molecular weight is 288 g/mol. The molecule has 21 heavy (non-hydrogen) atoms. The Morgan fingerprint density at radius 2 is 2.24 bits per heavy atom. The van der Waals surface area contributed by atoms with Crippen molar-refractivity contribution in [2.45, 2.75) is 6.92 Å². The van der Waals surface area contributed by atoms with Crippen LogP contribution >= 0.6 is 0 Å². The zero-order valence-corrected chi connectivity index (χ0v) is 11.1. The number of aryl methyl sites for hydroxylation is 1. The van der Waals surface area contributed by atoms with Gasteiger partial charge in [0.05, 0.1) is 16.7 Å². The molecule has 0 aliphatic heterocycles. The van der Waals surface area contributed by atoms with Gasteiger partial charge < -0.3 is 15.7 Å². The van der Waals surface area contributed by atoms with Gasteiger partial charge in [0, 0.05) is 17.8 Å². The van der Waals surface area contributed by atoms with E-state index in [0.717, 1.165) is 0 Å². The number of nitrogens with zero attached hydrogens (tertiary/aromatic N) is 3. The predicted molar refractivity (Wildman–Crippen MR) is 74.7 cm³/mol. The SMILES string of the molecule is Cc1cc(Oc2cnccc2/C(N)=N/O)ccc1[N+](=O)[O-]. The van der Waals surface area contributed by atoms with Crippen LogP contribution in [0.4, 0.5) is 5.69 Å². The number of aromatic nitrogens is 1. The molecule has 0 amide bonds. The van der Waals surface area contributed by atoms with Gasteiger partial charge >= 0.3 is 0 Å². The number of hydrogen-bond donors (Lipinski definition) is 2. The average Bonchev–Trinajstić information content (AvgIpc) is 2.46. The minimum Gasteiger partial charge on any atom is -0.455 e. The number of amidine groups is 1. The topological polar surface area (TPSA) is 124 Å². The number of rotatable bonds is 4. The fourth-order valence-corrected chi connectivity index (χ4v) is 1.75. The summed E-state index contributed by atoms with van der Waals surface area (Å²) in [6.07, 6.45) is 2.88. The normalized spacial score (nSPS) is 11.2. The van der Waals surface area contributed by atoms with Crippen molar-refractivity contribution in [1.82, 2.24) is 4.98 Å². The predicted octanol–water partition coefficient (Wildman–Crippen LogP) is 2.19. The van der Waals surface area contributed by atoms with Crippen molar-refractivity contribution in [3.05, 3.63) is 57.9 Å². The third-order valence-electron chi connectivity index (χ3n) is 2.76. The Kier molecular flexibility index (Phi) is 3.98. The fourth-order valence-electron chi connectivity index (χ4n) is 1.75. The van der Waals surface area contributed by atoms with Crippen LogP contribution in [0.5, 0.6) is 11.5 Å². The molecule has 8 nitrogen and oxygen atoms in total. The second-order valence-electron chi connectivity index (χ2n) is 4.16. The lowest BCUT2D eigenvalue weighted by Crippen LogP contribution is -2.14. The third kappa shape index (κ3) is 3.06. The smallest absolute Gasteiger partial charge is 0.272 e. The largest absolute Gasteiger partial charge is 0.455 e. The molecule has 1 heterocycles. The summed E-state index contributed by atoms with van der Waals surface area (Å²) in [5, 5.41) is 22.4. The van der Waals surface area contributed by atoms with Crippen LogP contribution in [0.15, 0.2) is 41.8 Å². The molecule has 8 heteroatoms. The number of hydrogen-bond acceptors (Lipinski definition) is 6. The summed E-state index contributed by atoms with van der Waals surface area (Å²) in [4.78, 5) is 14.2. The van der Waals surface area contributed by atoms with Crippen LogP contribution in [-0.2, 0) is 0 Å². The van der Waals surface area contributed by atoms with Crippen molar-refractivity contribution in [1.29, 1.82) is 0 Å². The van der Waals surface area contributed by atoms with E-state index in [1.165, 1.54) is 36.7 Å². The number of benzene rings is 1. The van der Waals surface area contributed by atoms with Crippen LogP contribution < -0.4 is 10.5 Å².